The number of morpholine rings is 1. The molecule has 1 fully saturated rings. The first-order valence-electron chi connectivity index (χ1n) is 8.97. The number of carbonyl (C=O) groups is 2. The Kier molecular flexibility index (Phi) is 5.70. The van der Waals surface area contributed by atoms with Crippen LogP contribution in [-0.4, -0.2) is 84.7 Å². The number of aromatic nitrogens is 2. The molecule has 2 amide bonds. The van der Waals surface area contributed by atoms with Crippen LogP contribution in [0.25, 0.3) is 0 Å². The van der Waals surface area contributed by atoms with Crippen LogP contribution in [-0.2, 0) is 17.7 Å². The minimum Gasteiger partial charge on any atom is -0.378 e. The van der Waals surface area contributed by atoms with E-state index in [1.165, 1.54) is 0 Å². The summed E-state index contributed by atoms with van der Waals surface area (Å²) in [5, 5.41) is 2.90. The fourth-order valence-corrected chi connectivity index (χ4v) is 3.28. The molecule has 0 saturated carbocycles. The highest BCUT2D eigenvalue weighted by Crippen LogP contribution is 2.22. The molecule has 25 heavy (non-hydrogen) atoms. The van der Waals surface area contributed by atoms with Crippen molar-refractivity contribution in [2.45, 2.75) is 25.8 Å². The lowest BCUT2D eigenvalue weighted by atomic mass is 10.1. The van der Waals surface area contributed by atoms with Crippen molar-refractivity contribution in [3.8, 4) is 0 Å². The number of fused-ring (bicyclic) bond motifs is 1. The SMILES string of the molecule is CN(C)CCNC(=O)c1nc(C(=O)N2CCOCC2)c2n1CCCC2. The van der Waals surface area contributed by atoms with Gasteiger partial charge in [0.1, 0.15) is 5.69 Å². The molecule has 0 bridgehead atoms. The number of hydrogen-bond donors (Lipinski definition) is 1. The van der Waals surface area contributed by atoms with Gasteiger partial charge in [0, 0.05) is 32.7 Å². The quantitative estimate of drug-likeness (QED) is 0.808. The molecule has 1 N–H and O–H groups in total. The van der Waals surface area contributed by atoms with Gasteiger partial charge in [-0.05, 0) is 33.4 Å². The summed E-state index contributed by atoms with van der Waals surface area (Å²) in [7, 11) is 3.92. The van der Waals surface area contributed by atoms with Gasteiger partial charge in [-0.1, -0.05) is 0 Å². The molecular weight excluding hydrogens is 322 g/mol. The molecule has 3 heterocycles. The molecular formula is C17H27N5O3. The second-order valence-electron chi connectivity index (χ2n) is 6.80. The fraction of sp³-hybridized carbons (Fsp3) is 0.706. The summed E-state index contributed by atoms with van der Waals surface area (Å²) >= 11 is 0. The van der Waals surface area contributed by atoms with E-state index in [2.05, 4.69) is 10.3 Å². The minimum absolute atomic E-state index is 0.0821. The van der Waals surface area contributed by atoms with Crippen LogP contribution >= 0.6 is 0 Å². The highest BCUT2D eigenvalue weighted by Gasteiger charge is 2.30. The van der Waals surface area contributed by atoms with Gasteiger partial charge in [-0.25, -0.2) is 4.98 Å². The molecule has 8 heteroatoms. The van der Waals surface area contributed by atoms with Crippen molar-refractivity contribution in [3.63, 3.8) is 0 Å². The number of carbonyl (C=O) groups excluding carboxylic acids is 2. The molecule has 3 rings (SSSR count). The Morgan fingerprint density at radius 1 is 1.20 bits per heavy atom. The summed E-state index contributed by atoms with van der Waals surface area (Å²) in [5.74, 6) is 0.0809. The molecule has 1 saturated heterocycles. The van der Waals surface area contributed by atoms with E-state index < -0.39 is 0 Å². The van der Waals surface area contributed by atoms with E-state index in [-0.39, 0.29) is 11.8 Å². The maximum atomic E-state index is 12.9. The Bertz CT molecular complexity index is 634. The number of amides is 2. The molecule has 0 spiro atoms. The third-order valence-corrected chi connectivity index (χ3v) is 4.67. The predicted octanol–water partition coefficient (Wildman–Crippen LogP) is -0.0168. The van der Waals surface area contributed by atoms with Crippen LogP contribution in [0, 0.1) is 0 Å². The van der Waals surface area contributed by atoms with E-state index in [0.717, 1.165) is 38.0 Å². The molecule has 0 unspecified atom stereocenters. The van der Waals surface area contributed by atoms with Crippen molar-refractivity contribution in [1.29, 1.82) is 0 Å². The van der Waals surface area contributed by atoms with Gasteiger partial charge in [0.25, 0.3) is 11.8 Å². The van der Waals surface area contributed by atoms with Crippen molar-refractivity contribution >= 4 is 11.8 Å². The van der Waals surface area contributed by atoms with Crippen molar-refractivity contribution < 1.29 is 14.3 Å². The van der Waals surface area contributed by atoms with Crippen LogP contribution in [0.3, 0.4) is 0 Å². The first-order chi connectivity index (χ1) is 12.1. The average Bonchev–Trinajstić information content (AvgIpc) is 3.01. The van der Waals surface area contributed by atoms with Crippen LogP contribution in [0.5, 0.6) is 0 Å². The minimum atomic E-state index is -0.203. The maximum Gasteiger partial charge on any atom is 0.287 e. The zero-order chi connectivity index (χ0) is 17.8. The summed E-state index contributed by atoms with van der Waals surface area (Å²) < 4.78 is 7.25. The fourth-order valence-electron chi connectivity index (χ4n) is 3.28. The smallest absolute Gasteiger partial charge is 0.287 e. The second-order valence-corrected chi connectivity index (χ2v) is 6.80. The molecule has 1 aromatic rings. The lowest BCUT2D eigenvalue weighted by Gasteiger charge is -2.26. The summed E-state index contributed by atoms with van der Waals surface area (Å²) in [5.41, 5.74) is 1.35. The van der Waals surface area contributed by atoms with E-state index >= 15 is 0 Å². The number of hydrogen-bond acceptors (Lipinski definition) is 5. The molecule has 1 aromatic heterocycles. The van der Waals surface area contributed by atoms with Crippen LogP contribution in [0.1, 0.15) is 39.6 Å². The first-order valence-corrected chi connectivity index (χ1v) is 8.97. The highest BCUT2D eigenvalue weighted by molar-refractivity contribution is 5.97. The zero-order valence-corrected chi connectivity index (χ0v) is 15.1. The number of ether oxygens (including phenoxy) is 1. The van der Waals surface area contributed by atoms with Crippen LogP contribution in [0.2, 0.25) is 0 Å². The Balaban J connectivity index is 1.80. The van der Waals surface area contributed by atoms with E-state index in [0.29, 0.717) is 44.4 Å². The van der Waals surface area contributed by atoms with Gasteiger partial charge in [0.15, 0.2) is 5.82 Å². The monoisotopic (exact) mass is 349 g/mol. The van der Waals surface area contributed by atoms with E-state index in [9.17, 15) is 9.59 Å². The third-order valence-electron chi connectivity index (χ3n) is 4.67. The Morgan fingerprint density at radius 3 is 2.68 bits per heavy atom. The standard InChI is InChI=1S/C17H27N5O3/c1-20(2)8-6-18-16(23)15-19-14(13-5-3-4-7-22(13)15)17(24)21-9-11-25-12-10-21/h3-12H2,1-2H3,(H,18,23). The number of nitrogens with one attached hydrogen (secondary N) is 1. The number of rotatable bonds is 5. The molecule has 0 radical (unpaired) electrons. The predicted molar refractivity (Wildman–Crippen MR) is 92.8 cm³/mol. The summed E-state index contributed by atoms with van der Waals surface area (Å²) in [4.78, 5) is 33.7. The normalized spacial score (nSPS) is 17.5. The molecule has 2 aliphatic heterocycles. The Labute approximate surface area is 148 Å². The second kappa shape index (κ2) is 7.97. The van der Waals surface area contributed by atoms with Crippen LogP contribution in [0.15, 0.2) is 0 Å². The van der Waals surface area contributed by atoms with E-state index in [1.807, 2.05) is 23.6 Å². The topological polar surface area (TPSA) is 79.7 Å². The van der Waals surface area contributed by atoms with Crippen molar-refractivity contribution in [3.05, 3.63) is 17.2 Å². The lowest BCUT2D eigenvalue weighted by molar-refractivity contribution is 0.0298. The average molecular weight is 349 g/mol. The van der Waals surface area contributed by atoms with Gasteiger partial charge < -0.3 is 24.4 Å². The molecule has 0 atom stereocenters. The Morgan fingerprint density at radius 2 is 1.96 bits per heavy atom. The van der Waals surface area contributed by atoms with E-state index in [4.69, 9.17) is 4.74 Å². The summed E-state index contributed by atoms with van der Waals surface area (Å²) in [6, 6.07) is 0. The maximum absolute atomic E-state index is 12.9. The highest BCUT2D eigenvalue weighted by atomic mass is 16.5. The number of nitrogens with zero attached hydrogens (tertiary/aromatic N) is 4. The zero-order valence-electron chi connectivity index (χ0n) is 15.1. The largest absolute Gasteiger partial charge is 0.378 e. The van der Waals surface area contributed by atoms with Gasteiger partial charge in [0.05, 0.1) is 18.9 Å². The van der Waals surface area contributed by atoms with E-state index in [1.54, 1.807) is 4.90 Å². The first kappa shape index (κ1) is 17.9. The third kappa shape index (κ3) is 4.01. The summed E-state index contributed by atoms with van der Waals surface area (Å²) in [6.45, 7) is 4.33. The van der Waals surface area contributed by atoms with Crippen molar-refractivity contribution in [2.24, 2.45) is 0 Å². The van der Waals surface area contributed by atoms with Gasteiger partial charge in [-0.2, -0.15) is 0 Å². The number of likely N-dealkylation sites (N-methyl/N-ethyl adjacent to an activating group) is 1. The molecule has 0 aliphatic carbocycles. The van der Waals surface area contributed by atoms with Gasteiger partial charge in [0.2, 0.25) is 0 Å². The van der Waals surface area contributed by atoms with Crippen LogP contribution < -0.4 is 5.32 Å². The molecule has 8 nitrogen and oxygen atoms in total. The molecule has 0 aromatic carbocycles. The van der Waals surface area contributed by atoms with Crippen molar-refractivity contribution in [1.82, 2.24) is 24.7 Å². The van der Waals surface area contributed by atoms with Gasteiger partial charge in [-0.3, -0.25) is 9.59 Å². The van der Waals surface area contributed by atoms with Gasteiger partial charge in [-0.15, -0.1) is 0 Å². The molecule has 2 aliphatic rings. The van der Waals surface area contributed by atoms with Crippen molar-refractivity contribution in [2.75, 3.05) is 53.5 Å². The van der Waals surface area contributed by atoms with Gasteiger partial charge >= 0.3 is 0 Å². The summed E-state index contributed by atoms with van der Waals surface area (Å²) in [6.07, 6.45) is 2.83. The Hall–Kier alpha value is -1.93. The number of imidazole rings is 1. The van der Waals surface area contributed by atoms with Crippen LogP contribution in [0.4, 0.5) is 0 Å². The lowest BCUT2D eigenvalue weighted by Crippen LogP contribution is -2.41. The molecule has 138 valence electrons.